The largest absolute Gasteiger partial charge is 0.463 e. The highest BCUT2D eigenvalue weighted by Crippen LogP contribution is 2.17. The summed E-state index contributed by atoms with van der Waals surface area (Å²) in [4.78, 5) is 13.2. The molecule has 0 heterocycles. The molecule has 0 aliphatic heterocycles. The standard InChI is InChI=1S/C17H26N2O2/c1-3-17(20)21-14-8-6-5-7-13-19(4-2)16-11-9-15(18)10-12-16/h3,9-12H,1,4-8,13-14,18H2,2H3. The van der Waals surface area contributed by atoms with Gasteiger partial charge in [0.2, 0.25) is 0 Å². The molecule has 0 fully saturated rings. The molecule has 2 N–H and O–H groups in total. The lowest BCUT2D eigenvalue weighted by molar-refractivity contribution is -0.137. The Morgan fingerprint density at radius 3 is 2.52 bits per heavy atom. The Labute approximate surface area is 127 Å². The number of ether oxygens (including phenoxy) is 1. The fraction of sp³-hybridized carbons (Fsp3) is 0.471. The lowest BCUT2D eigenvalue weighted by Crippen LogP contribution is -2.23. The van der Waals surface area contributed by atoms with E-state index in [1.165, 1.54) is 11.8 Å². The zero-order valence-electron chi connectivity index (χ0n) is 12.9. The molecule has 0 bridgehead atoms. The first-order valence-electron chi connectivity index (χ1n) is 7.57. The van der Waals surface area contributed by atoms with Crippen molar-refractivity contribution in [3.63, 3.8) is 0 Å². The maximum Gasteiger partial charge on any atom is 0.330 e. The molecule has 4 nitrogen and oxygen atoms in total. The van der Waals surface area contributed by atoms with Crippen LogP contribution in [0.1, 0.15) is 32.6 Å². The molecule has 0 atom stereocenters. The van der Waals surface area contributed by atoms with Crippen LogP contribution in [0.4, 0.5) is 11.4 Å². The number of benzene rings is 1. The van der Waals surface area contributed by atoms with Crippen molar-refractivity contribution in [1.29, 1.82) is 0 Å². The molecule has 0 spiro atoms. The highest BCUT2D eigenvalue weighted by molar-refractivity contribution is 5.81. The van der Waals surface area contributed by atoms with E-state index in [2.05, 4.69) is 30.5 Å². The molecule has 4 heteroatoms. The summed E-state index contributed by atoms with van der Waals surface area (Å²) in [6, 6.07) is 8.00. The average molecular weight is 290 g/mol. The van der Waals surface area contributed by atoms with E-state index in [1.807, 2.05) is 12.1 Å². The molecule has 0 aliphatic carbocycles. The Hall–Kier alpha value is -1.97. The molecule has 1 rings (SSSR count). The third-order valence-corrected chi connectivity index (χ3v) is 3.37. The third kappa shape index (κ3) is 6.84. The van der Waals surface area contributed by atoms with E-state index < -0.39 is 0 Å². The number of anilines is 2. The molecule has 0 aliphatic rings. The molecule has 1 aromatic rings. The van der Waals surface area contributed by atoms with Gasteiger partial charge in [0.05, 0.1) is 6.61 Å². The first-order valence-corrected chi connectivity index (χ1v) is 7.57. The summed E-state index contributed by atoms with van der Waals surface area (Å²) in [6.07, 6.45) is 5.45. The van der Waals surface area contributed by atoms with Crippen LogP contribution in [0.15, 0.2) is 36.9 Å². The van der Waals surface area contributed by atoms with E-state index >= 15 is 0 Å². The van der Waals surface area contributed by atoms with Crippen molar-refractivity contribution in [2.45, 2.75) is 32.6 Å². The van der Waals surface area contributed by atoms with Crippen LogP contribution in [0.3, 0.4) is 0 Å². The summed E-state index contributed by atoms with van der Waals surface area (Å²) in [5.74, 6) is -0.337. The number of esters is 1. The Kier molecular flexibility index (Phi) is 8.02. The van der Waals surface area contributed by atoms with Crippen molar-refractivity contribution < 1.29 is 9.53 Å². The molecule has 0 aromatic heterocycles. The molecular formula is C17H26N2O2. The van der Waals surface area contributed by atoms with Crippen molar-refractivity contribution in [2.24, 2.45) is 0 Å². The molecule has 0 unspecified atom stereocenters. The second-order valence-corrected chi connectivity index (χ2v) is 4.96. The minimum absolute atomic E-state index is 0.337. The summed E-state index contributed by atoms with van der Waals surface area (Å²) in [5, 5.41) is 0. The smallest absolute Gasteiger partial charge is 0.330 e. The fourth-order valence-electron chi connectivity index (χ4n) is 2.14. The Bertz CT molecular complexity index is 429. The molecule has 0 radical (unpaired) electrons. The van der Waals surface area contributed by atoms with Gasteiger partial charge < -0.3 is 15.4 Å². The Morgan fingerprint density at radius 2 is 1.90 bits per heavy atom. The molecule has 116 valence electrons. The highest BCUT2D eigenvalue weighted by Gasteiger charge is 2.03. The monoisotopic (exact) mass is 290 g/mol. The zero-order valence-corrected chi connectivity index (χ0v) is 12.9. The van der Waals surface area contributed by atoms with Gasteiger partial charge in [0, 0.05) is 30.5 Å². The van der Waals surface area contributed by atoms with Gasteiger partial charge in [0.1, 0.15) is 0 Å². The SMILES string of the molecule is C=CC(=O)OCCCCCCN(CC)c1ccc(N)cc1. The van der Waals surface area contributed by atoms with E-state index in [4.69, 9.17) is 10.5 Å². The first-order chi connectivity index (χ1) is 10.2. The molecule has 0 saturated carbocycles. The second kappa shape index (κ2) is 9.86. The van der Waals surface area contributed by atoms with Gasteiger partial charge in [-0.2, -0.15) is 0 Å². The van der Waals surface area contributed by atoms with Crippen molar-refractivity contribution in [3.05, 3.63) is 36.9 Å². The number of carbonyl (C=O) groups excluding carboxylic acids is 1. The van der Waals surface area contributed by atoms with Gasteiger partial charge in [-0.15, -0.1) is 0 Å². The van der Waals surface area contributed by atoms with Crippen LogP contribution in [-0.2, 0) is 9.53 Å². The summed E-state index contributed by atoms with van der Waals surface area (Å²) in [7, 11) is 0. The topological polar surface area (TPSA) is 55.6 Å². The molecule has 0 amide bonds. The normalized spacial score (nSPS) is 10.1. The van der Waals surface area contributed by atoms with Gasteiger partial charge in [0.15, 0.2) is 0 Å². The van der Waals surface area contributed by atoms with E-state index in [1.54, 1.807) is 0 Å². The molecule has 0 saturated heterocycles. The van der Waals surface area contributed by atoms with Crippen LogP contribution < -0.4 is 10.6 Å². The summed E-state index contributed by atoms with van der Waals surface area (Å²) >= 11 is 0. The molecule has 1 aromatic carbocycles. The van der Waals surface area contributed by atoms with Gasteiger partial charge in [-0.1, -0.05) is 13.0 Å². The zero-order chi connectivity index (χ0) is 15.5. The van der Waals surface area contributed by atoms with Crippen LogP contribution >= 0.6 is 0 Å². The third-order valence-electron chi connectivity index (χ3n) is 3.37. The number of unbranched alkanes of at least 4 members (excludes halogenated alkanes) is 3. The van der Waals surface area contributed by atoms with Gasteiger partial charge >= 0.3 is 5.97 Å². The predicted molar refractivity (Wildman–Crippen MR) is 88.4 cm³/mol. The van der Waals surface area contributed by atoms with Crippen molar-refractivity contribution in [2.75, 3.05) is 30.3 Å². The maximum atomic E-state index is 10.9. The Morgan fingerprint density at radius 1 is 1.24 bits per heavy atom. The predicted octanol–water partition coefficient (Wildman–Crippen LogP) is 3.38. The number of hydrogen-bond acceptors (Lipinski definition) is 4. The average Bonchev–Trinajstić information content (AvgIpc) is 2.51. The maximum absolute atomic E-state index is 10.9. The van der Waals surface area contributed by atoms with E-state index in [9.17, 15) is 4.79 Å². The Balaban J connectivity index is 2.16. The van der Waals surface area contributed by atoms with Crippen LogP contribution in [0.25, 0.3) is 0 Å². The van der Waals surface area contributed by atoms with Crippen LogP contribution in [0, 0.1) is 0 Å². The van der Waals surface area contributed by atoms with Gasteiger partial charge in [-0.3, -0.25) is 0 Å². The van der Waals surface area contributed by atoms with Crippen molar-refractivity contribution >= 4 is 17.3 Å². The number of nitrogens with two attached hydrogens (primary N) is 1. The number of rotatable bonds is 10. The fourth-order valence-corrected chi connectivity index (χ4v) is 2.14. The van der Waals surface area contributed by atoms with Crippen LogP contribution in [0.5, 0.6) is 0 Å². The van der Waals surface area contributed by atoms with E-state index in [-0.39, 0.29) is 5.97 Å². The van der Waals surface area contributed by atoms with Crippen molar-refractivity contribution in [3.8, 4) is 0 Å². The molecular weight excluding hydrogens is 264 g/mol. The quantitative estimate of drug-likeness (QED) is 0.310. The van der Waals surface area contributed by atoms with Gasteiger partial charge in [0.25, 0.3) is 0 Å². The summed E-state index contributed by atoms with van der Waals surface area (Å²) in [6.45, 7) is 8.03. The highest BCUT2D eigenvalue weighted by atomic mass is 16.5. The van der Waals surface area contributed by atoms with Crippen LogP contribution in [0.2, 0.25) is 0 Å². The molecule has 21 heavy (non-hydrogen) atoms. The van der Waals surface area contributed by atoms with E-state index in [0.29, 0.717) is 6.61 Å². The van der Waals surface area contributed by atoms with Gasteiger partial charge in [-0.25, -0.2) is 4.79 Å². The number of nitrogens with zero attached hydrogens (tertiary/aromatic N) is 1. The lowest BCUT2D eigenvalue weighted by atomic mass is 10.2. The minimum Gasteiger partial charge on any atom is -0.463 e. The number of carbonyl (C=O) groups is 1. The number of nitrogen functional groups attached to an aromatic ring is 1. The van der Waals surface area contributed by atoms with Crippen molar-refractivity contribution in [1.82, 2.24) is 0 Å². The second-order valence-electron chi connectivity index (χ2n) is 4.96. The van der Waals surface area contributed by atoms with E-state index in [0.717, 1.165) is 44.5 Å². The van der Waals surface area contributed by atoms with Gasteiger partial charge in [-0.05, 0) is 50.5 Å². The summed E-state index contributed by atoms with van der Waals surface area (Å²) in [5.41, 5.74) is 7.72. The summed E-state index contributed by atoms with van der Waals surface area (Å²) < 4.78 is 4.94. The number of hydrogen-bond donors (Lipinski definition) is 1. The first kappa shape index (κ1) is 17.1. The minimum atomic E-state index is -0.337. The van der Waals surface area contributed by atoms with Crippen LogP contribution in [-0.4, -0.2) is 25.7 Å². The lowest BCUT2D eigenvalue weighted by Gasteiger charge is -2.23.